The number of pyridine rings is 1. The smallest absolute Gasteiger partial charge is 0.135 e. The summed E-state index contributed by atoms with van der Waals surface area (Å²) < 4.78 is 2.89. The van der Waals surface area contributed by atoms with E-state index in [0.717, 1.165) is 31.7 Å². The third-order valence-corrected chi connectivity index (χ3v) is 4.67. The fraction of sp³-hybridized carbons (Fsp3) is 0.200. The number of benzene rings is 1. The Labute approximate surface area is 131 Å². The van der Waals surface area contributed by atoms with Crippen LogP contribution in [0.1, 0.15) is 17.0 Å². The number of anilines is 1. The average molecular weight is 378 g/mol. The first-order valence-electron chi connectivity index (χ1n) is 6.40. The number of nitrogen functional groups attached to an aromatic ring is 1. The molecule has 4 nitrogen and oxygen atoms in total. The topological polar surface area (TPSA) is 56.7 Å². The van der Waals surface area contributed by atoms with Crippen molar-refractivity contribution >= 4 is 39.3 Å². The summed E-state index contributed by atoms with van der Waals surface area (Å²) in [6, 6.07) is 10.3. The summed E-state index contributed by atoms with van der Waals surface area (Å²) in [4.78, 5) is 4.56. The number of hydrogen-bond donors (Lipinski definition) is 1. The van der Waals surface area contributed by atoms with Crippen LogP contribution < -0.4 is 5.73 Å². The largest absolute Gasteiger partial charge is 0.383 e. The van der Waals surface area contributed by atoms with Crippen molar-refractivity contribution < 1.29 is 0 Å². The van der Waals surface area contributed by atoms with Crippen LogP contribution >= 0.6 is 22.6 Å². The van der Waals surface area contributed by atoms with Crippen LogP contribution in [-0.2, 0) is 6.54 Å². The van der Waals surface area contributed by atoms with Crippen molar-refractivity contribution in [2.75, 3.05) is 5.73 Å². The molecule has 5 heteroatoms. The van der Waals surface area contributed by atoms with E-state index in [1.165, 1.54) is 5.56 Å². The molecule has 102 valence electrons. The zero-order valence-corrected chi connectivity index (χ0v) is 13.5. The minimum atomic E-state index is 0.666. The third kappa shape index (κ3) is 2.26. The Morgan fingerprint density at radius 2 is 2.00 bits per heavy atom. The van der Waals surface area contributed by atoms with Crippen molar-refractivity contribution in [3.05, 3.63) is 50.9 Å². The minimum absolute atomic E-state index is 0.666. The molecule has 0 amide bonds. The minimum Gasteiger partial charge on any atom is -0.383 e. The van der Waals surface area contributed by atoms with Crippen LogP contribution in [-0.4, -0.2) is 14.8 Å². The SMILES string of the molecule is Cc1cc(Cn2nc(C)c(I)c2N)c2ccccc2n1. The maximum atomic E-state index is 6.11. The lowest BCUT2D eigenvalue weighted by molar-refractivity contribution is 0.691. The molecule has 2 aromatic heterocycles. The zero-order valence-electron chi connectivity index (χ0n) is 11.4. The van der Waals surface area contributed by atoms with Gasteiger partial charge in [0.2, 0.25) is 0 Å². The van der Waals surface area contributed by atoms with Gasteiger partial charge in [0.05, 0.1) is 21.3 Å². The van der Waals surface area contributed by atoms with Crippen LogP contribution in [0.4, 0.5) is 5.82 Å². The van der Waals surface area contributed by atoms with E-state index < -0.39 is 0 Å². The number of fused-ring (bicyclic) bond motifs is 1. The van der Waals surface area contributed by atoms with Crippen molar-refractivity contribution in [1.82, 2.24) is 14.8 Å². The summed E-state index contributed by atoms with van der Waals surface area (Å²) in [5, 5.41) is 5.66. The van der Waals surface area contributed by atoms with Gasteiger partial charge < -0.3 is 5.73 Å². The summed E-state index contributed by atoms with van der Waals surface area (Å²) in [6.45, 7) is 4.65. The van der Waals surface area contributed by atoms with E-state index in [1.54, 1.807) is 0 Å². The van der Waals surface area contributed by atoms with Gasteiger partial charge in [-0.2, -0.15) is 5.10 Å². The Kier molecular flexibility index (Phi) is 3.37. The van der Waals surface area contributed by atoms with Crippen molar-refractivity contribution in [3.8, 4) is 0 Å². The van der Waals surface area contributed by atoms with Gasteiger partial charge in [0, 0.05) is 11.1 Å². The summed E-state index contributed by atoms with van der Waals surface area (Å²) in [5.41, 5.74) is 10.3. The molecular formula is C15H15IN4. The quantitative estimate of drug-likeness (QED) is 0.697. The molecule has 0 unspecified atom stereocenters. The molecule has 0 saturated carbocycles. The summed E-state index contributed by atoms with van der Waals surface area (Å²) >= 11 is 2.24. The van der Waals surface area contributed by atoms with E-state index >= 15 is 0 Å². The lowest BCUT2D eigenvalue weighted by Crippen LogP contribution is -2.07. The Morgan fingerprint density at radius 1 is 1.25 bits per heavy atom. The number of nitrogens with zero attached hydrogens (tertiary/aromatic N) is 3. The lowest BCUT2D eigenvalue weighted by atomic mass is 10.1. The molecule has 0 aliphatic carbocycles. The molecule has 0 fully saturated rings. The monoisotopic (exact) mass is 378 g/mol. The van der Waals surface area contributed by atoms with Crippen LogP contribution in [0.2, 0.25) is 0 Å². The summed E-state index contributed by atoms with van der Waals surface area (Å²) in [7, 11) is 0. The van der Waals surface area contributed by atoms with Gasteiger partial charge in [0.1, 0.15) is 5.82 Å². The summed E-state index contributed by atoms with van der Waals surface area (Å²) in [6.07, 6.45) is 0. The van der Waals surface area contributed by atoms with Gasteiger partial charge in [-0.25, -0.2) is 4.68 Å². The van der Waals surface area contributed by atoms with E-state index in [2.05, 4.69) is 44.8 Å². The number of rotatable bonds is 2. The second-order valence-corrected chi connectivity index (χ2v) is 5.96. The second-order valence-electron chi connectivity index (χ2n) is 4.88. The number of halogens is 1. The molecule has 0 aliphatic heterocycles. The average Bonchev–Trinajstić information content (AvgIpc) is 2.66. The van der Waals surface area contributed by atoms with E-state index in [-0.39, 0.29) is 0 Å². The molecule has 0 atom stereocenters. The van der Waals surface area contributed by atoms with Crippen molar-refractivity contribution in [2.45, 2.75) is 20.4 Å². The van der Waals surface area contributed by atoms with Gasteiger partial charge in [-0.1, -0.05) is 18.2 Å². The van der Waals surface area contributed by atoms with Gasteiger partial charge in [-0.05, 0) is 54.1 Å². The highest BCUT2D eigenvalue weighted by Crippen LogP contribution is 2.23. The van der Waals surface area contributed by atoms with E-state index in [4.69, 9.17) is 5.73 Å². The molecular weight excluding hydrogens is 363 g/mol. The standard InChI is InChI=1S/C15H15IN4/c1-9-7-11(12-5-3-4-6-13(12)18-9)8-20-15(17)14(16)10(2)19-20/h3-7H,8,17H2,1-2H3. The van der Waals surface area contributed by atoms with Gasteiger partial charge in [-0.3, -0.25) is 4.98 Å². The first kappa shape index (κ1) is 13.4. The Balaban J connectivity index is 2.12. The predicted octanol–water partition coefficient (Wildman–Crippen LogP) is 3.28. The zero-order chi connectivity index (χ0) is 14.3. The fourth-order valence-corrected chi connectivity index (χ4v) is 2.77. The van der Waals surface area contributed by atoms with Gasteiger partial charge >= 0.3 is 0 Å². The predicted molar refractivity (Wildman–Crippen MR) is 89.7 cm³/mol. The Bertz CT molecular complexity index is 792. The number of hydrogen-bond acceptors (Lipinski definition) is 3. The number of aromatic nitrogens is 3. The highest BCUT2D eigenvalue weighted by molar-refractivity contribution is 14.1. The molecule has 1 aromatic carbocycles. The summed E-state index contributed by atoms with van der Waals surface area (Å²) in [5.74, 6) is 0.724. The van der Waals surface area contributed by atoms with Gasteiger partial charge in [-0.15, -0.1) is 0 Å². The van der Waals surface area contributed by atoms with Crippen LogP contribution in [0, 0.1) is 17.4 Å². The molecule has 3 aromatic rings. The fourth-order valence-electron chi connectivity index (χ4n) is 2.39. The Morgan fingerprint density at radius 3 is 2.70 bits per heavy atom. The highest BCUT2D eigenvalue weighted by atomic mass is 127. The number of nitrogens with two attached hydrogens (primary N) is 1. The molecule has 0 bridgehead atoms. The number of aryl methyl sites for hydroxylation is 2. The second kappa shape index (κ2) is 5.05. The van der Waals surface area contributed by atoms with Crippen LogP contribution in [0.15, 0.2) is 30.3 Å². The van der Waals surface area contributed by atoms with Crippen LogP contribution in [0.3, 0.4) is 0 Å². The van der Waals surface area contributed by atoms with E-state index in [0.29, 0.717) is 6.54 Å². The molecule has 0 aliphatic rings. The highest BCUT2D eigenvalue weighted by Gasteiger charge is 2.11. The first-order valence-corrected chi connectivity index (χ1v) is 7.48. The first-order chi connectivity index (χ1) is 9.56. The van der Waals surface area contributed by atoms with Crippen LogP contribution in [0.25, 0.3) is 10.9 Å². The molecule has 0 radical (unpaired) electrons. The molecule has 0 spiro atoms. The molecule has 2 N–H and O–H groups in total. The normalized spacial score (nSPS) is 11.2. The van der Waals surface area contributed by atoms with E-state index in [9.17, 15) is 0 Å². The molecule has 20 heavy (non-hydrogen) atoms. The van der Waals surface area contributed by atoms with Crippen LogP contribution in [0.5, 0.6) is 0 Å². The lowest BCUT2D eigenvalue weighted by Gasteiger charge is -2.09. The van der Waals surface area contributed by atoms with Crippen molar-refractivity contribution in [1.29, 1.82) is 0 Å². The van der Waals surface area contributed by atoms with Gasteiger partial charge in [0.25, 0.3) is 0 Å². The third-order valence-electron chi connectivity index (χ3n) is 3.34. The van der Waals surface area contributed by atoms with Crippen molar-refractivity contribution in [2.24, 2.45) is 0 Å². The van der Waals surface area contributed by atoms with Crippen molar-refractivity contribution in [3.63, 3.8) is 0 Å². The Hall–Kier alpha value is -1.63. The van der Waals surface area contributed by atoms with E-state index in [1.807, 2.05) is 36.7 Å². The molecule has 2 heterocycles. The number of para-hydroxylation sites is 1. The molecule has 0 saturated heterocycles. The maximum absolute atomic E-state index is 6.11. The maximum Gasteiger partial charge on any atom is 0.135 e. The van der Waals surface area contributed by atoms with Gasteiger partial charge in [0.15, 0.2) is 0 Å². The molecule has 3 rings (SSSR count).